The van der Waals surface area contributed by atoms with E-state index in [2.05, 4.69) is 22.0 Å². The number of amides is 2. The van der Waals surface area contributed by atoms with Crippen molar-refractivity contribution in [3.8, 4) is 11.5 Å². The van der Waals surface area contributed by atoms with Gasteiger partial charge in [-0.1, -0.05) is 29.8 Å². The third kappa shape index (κ3) is 4.39. The van der Waals surface area contributed by atoms with E-state index in [1.165, 1.54) is 23.0 Å². The monoisotopic (exact) mass is 488 g/mol. The molecule has 1 aliphatic heterocycles. The molecule has 2 aromatic rings. The van der Waals surface area contributed by atoms with Crippen molar-refractivity contribution in [2.24, 2.45) is 0 Å². The molecule has 0 bridgehead atoms. The summed E-state index contributed by atoms with van der Waals surface area (Å²) in [6.07, 6.45) is 1.52. The number of aryl methyl sites for hydroxylation is 1. The largest absolute Gasteiger partial charge is 0.493 e. The van der Waals surface area contributed by atoms with Crippen LogP contribution >= 0.6 is 28.1 Å². The maximum Gasteiger partial charge on any atom is 0.265 e. The summed E-state index contributed by atoms with van der Waals surface area (Å²) in [5.74, 6) is 0.130. The van der Waals surface area contributed by atoms with E-state index in [9.17, 15) is 9.59 Å². The molecule has 0 spiro atoms. The molecule has 0 saturated carbocycles. The summed E-state index contributed by atoms with van der Waals surface area (Å²) < 4.78 is 12.1. The van der Waals surface area contributed by atoms with Crippen LogP contribution in [0.5, 0.6) is 11.5 Å². The van der Waals surface area contributed by atoms with Gasteiger partial charge in [-0.3, -0.25) is 19.4 Å². The number of ether oxygens (including phenoxy) is 2. The number of carbonyl (C=O) groups is 2. The van der Waals surface area contributed by atoms with E-state index in [4.69, 9.17) is 21.7 Å². The van der Waals surface area contributed by atoms with Gasteiger partial charge in [-0.05, 0) is 64.4 Å². The zero-order valence-corrected chi connectivity index (χ0v) is 19.5. The van der Waals surface area contributed by atoms with Crippen LogP contribution in [0.3, 0.4) is 0 Å². The van der Waals surface area contributed by atoms with Crippen LogP contribution in [-0.2, 0) is 16.2 Å². The second-order valence-electron chi connectivity index (χ2n) is 6.88. The van der Waals surface area contributed by atoms with Gasteiger partial charge in [0.2, 0.25) is 0 Å². The van der Waals surface area contributed by atoms with Gasteiger partial charge in [-0.25, -0.2) is 0 Å². The highest BCUT2D eigenvalue weighted by atomic mass is 79.9. The Morgan fingerprint density at radius 2 is 1.77 bits per heavy atom. The molecule has 156 valence electrons. The normalized spacial score (nSPS) is 14.3. The second kappa shape index (κ2) is 8.97. The lowest BCUT2D eigenvalue weighted by Gasteiger charge is -2.31. The number of hydrogen-bond acceptors (Lipinski definition) is 5. The van der Waals surface area contributed by atoms with Gasteiger partial charge in [0.1, 0.15) is 12.2 Å². The SMILES string of the molecule is COc1cc(C=C2C(=O)N(C)C(=S)N(C)C2=O)cc(Br)c1OCc1cccc(C)c1. The Bertz CT molecular complexity index is 1040. The number of nitrogens with zero attached hydrogens (tertiary/aromatic N) is 2. The third-order valence-corrected chi connectivity index (χ3v) is 5.81. The Hall–Kier alpha value is -2.71. The minimum Gasteiger partial charge on any atom is -0.493 e. The van der Waals surface area contributed by atoms with Crippen molar-refractivity contribution in [1.29, 1.82) is 0 Å². The van der Waals surface area contributed by atoms with E-state index in [0.717, 1.165) is 11.1 Å². The number of hydrogen-bond donors (Lipinski definition) is 0. The molecule has 1 aliphatic rings. The van der Waals surface area contributed by atoms with Crippen molar-refractivity contribution < 1.29 is 19.1 Å². The van der Waals surface area contributed by atoms with E-state index in [-0.39, 0.29) is 10.7 Å². The highest BCUT2D eigenvalue weighted by Crippen LogP contribution is 2.38. The van der Waals surface area contributed by atoms with Crippen molar-refractivity contribution in [2.75, 3.05) is 21.2 Å². The van der Waals surface area contributed by atoms with E-state index < -0.39 is 11.8 Å². The van der Waals surface area contributed by atoms with Gasteiger partial charge in [-0.15, -0.1) is 0 Å². The zero-order valence-electron chi connectivity index (χ0n) is 17.1. The molecule has 30 heavy (non-hydrogen) atoms. The summed E-state index contributed by atoms with van der Waals surface area (Å²) in [5, 5.41) is 0.167. The molecule has 2 amide bonds. The van der Waals surface area contributed by atoms with E-state index in [0.29, 0.717) is 28.1 Å². The Morgan fingerprint density at radius 3 is 2.37 bits per heavy atom. The molecule has 0 aliphatic carbocycles. The maximum absolute atomic E-state index is 12.5. The molecule has 0 N–H and O–H groups in total. The molecule has 1 heterocycles. The van der Waals surface area contributed by atoms with Crippen molar-refractivity contribution in [2.45, 2.75) is 13.5 Å². The summed E-state index contributed by atoms with van der Waals surface area (Å²) in [6, 6.07) is 11.5. The fourth-order valence-corrected chi connectivity index (χ4v) is 3.80. The van der Waals surface area contributed by atoms with Crippen LogP contribution in [0.4, 0.5) is 0 Å². The van der Waals surface area contributed by atoms with Gasteiger partial charge < -0.3 is 9.47 Å². The molecule has 3 rings (SSSR count). The molecule has 2 aromatic carbocycles. The van der Waals surface area contributed by atoms with Gasteiger partial charge >= 0.3 is 0 Å². The number of thiocarbonyl (C=S) groups is 1. The maximum atomic E-state index is 12.5. The molecule has 0 radical (unpaired) electrons. The van der Waals surface area contributed by atoms with E-state index in [1.807, 2.05) is 25.1 Å². The molecule has 6 nitrogen and oxygen atoms in total. The number of rotatable bonds is 5. The average Bonchev–Trinajstić information content (AvgIpc) is 2.73. The highest BCUT2D eigenvalue weighted by molar-refractivity contribution is 9.10. The van der Waals surface area contributed by atoms with Crippen LogP contribution in [0, 0.1) is 6.92 Å². The van der Waals surface area contributed by atoms with E-state index >= 15 is 0 Å². The Labute approximate surface area is 189 Å². The number of benzene rings is 2. The topological polar surface area (TPSA) is 59.1 Å². The highest BCUT2D eigenvalue weighted by Gasteiger charge is 2.35. The van der Waals surface area contributed by atoms with Gasteiger partial charge in [0.25, 0.3) is 11.8 Å². The quantitative estimate of drug-likeness (QED) is 0.362. The lowest BCUT2D eigenvalue weighted by Crippen LogP contribution is -2.52. The molecule has 0 atom stereocenters. The predicted molar refractivity (Wildman–Crippen MR) is 122 cm³/mol. The molecular weight excluding hydrogens is 468 g/mol. The van der Waals surface area contributed by atoms with Crippen LogP contribution in [0.1, 0.15) is 16.7 Å². The van der Waals surface area contributed by atoms with Gasteiger partial charge in [0.05, 0.1) is 11.6 Å². The van der Waals surface area contributed by atoms with Gasteiger partial charge in [0, 0.05) is 14.1 Å². The Kier molecular flexibility index (Phi) is 6.58. The van der Waals surface area contributed by atoms with Crippen LogP contribution in [0.15, 0.2) is 46.4 Å². The second-order valence-corrected chi connectivity index (χ2v) is 8.10. The minimum atomic E-state index is -0.446. The predicted octanol–water partition coefficient (Wildman–Crippen LogP) is 3.94. The zero-order chi connectivity index (χ0) is 22.0. The summed E-state index contributed by atoms with van der Waals surface area (Å²) in [4.78, 5) is 27.6. The fraction of sp³-hybridized carbons (Fsp3) is 0.227. The smallest absolute Gasteiger partial charge is 0.265 e. The Morgan fingerprint density at radius 1 is 1.10 bits per heavy atom. The number of halogens is 1. The van der Waals surface area contributed by atoms with Crippen LogP contribution in [0.25, 0.3) is 6.08 Å². The number of carbonyl (C=O) groups excluding carboxylic acids is 2. The lowest BCUT2D eigenvalue weighted by molar-refractivity contribution is -0.132. The molecular formula is C22H21BrN2O4S. The van der Waals surface area contributed by atoms with Crippen molar-refractivity contribution in [3.05, 3.63) is 63.1 Å². The van der Waals surface area contributed by atoms with E-state index in [1.54, 1.807) is 26.2 Å². The first-order valence-electron chi connectivity index (χ1n) is 9.10. The standard InChI is InChI=1S/C22H21BrN2O4S/c1-13-6-5-7-14(8-13)12-29-19-17(23)10-15(11-18(19)28-4)9-16-20(26)24(2)22(30)25(3)21(16)27/h5-11H,12H2,1-4H3. The van der Waals surface area contributed by atoms with Gasteiger partial charge in [-0.2, -0.15) is 0 Å². The first-order chi connectivity index (χ1) is 14.2. The fourth-order valence-electron chi connectivity index (χ4n) is 3.06. The van der Waals surface area contributed by atoms with Crippen molar-refractivity contribution in [3.63, 3.8) is 0 Å². The summed E-state index contributed by atoms with van der Waals surface area (Å²) >= 11 is 8.63. The van der Waals surface area contributed by atoms with Crippen LogP contribution < -0.4 is 9.47 Å². The first-order valence-corrected chi connectivity index (χ1v) is 10.3. The molecule has 8 heteroatoms. The molecule has 0 unspecified atom stereocenters. The third-order valence-electron chi connectivity index (χ3n) is 4.67. The molecule has 0 aromatic heterocycles. The first kappa shape index (κ1) is 22.0. The van der Waals surface area contributed by atoms with Gasteiger partial charge in [0.15, 0.2) is 16.6 Å². The lowest BCUT2D eigenvalue weighted by atomic mass is 10.1. The molecule has 1 fully saturated rings. The summed E-state index contributed by atoms with van der Waals surface area (Å²) in [7, 11) is 4.62. The Balaban J connectivity index is 1.91. The summed E-state index contributed by atoms with van der Waals surface area (Å²) in [5.41, 5.74) is 2.83. The molecule has 1 saturated heterocycles. The summed E-state index contributed by atoms with van der Waals surface area (Å²) in [6.45, 7) is 2.40. The number of likely N-dealkylation sites (N-methyl/N-ethyl adjacent to an activating group) is 2. The van der Waals surface area contributed by atoms with Crippen LogP contribution in [0.2, 0.25) is 0 Å². The van der Waals surface area contributed by atoms with Crippen molar-refractivity contribution in [1.82, 2.24) is 9.80 Å². The average molecular weight is 489 g/mol. The minimum absolute atomic E-state index is 0.0241. The number of methoxy groups -OCH3 is 1. The van der Waals surface area contributed by atoms with Crippen molar-refractivity contribution >= 4 is 51.2 Å². The van der Waals surface area contributed by atoms with Crippen LogP contribution in [-0.4, -0.2) is 47.9 Å².